The Morgan fingerprint density at radius 1 is 1.04 bits per heavy atom. The van der Waals surface area contributed by atoms with Gasteiger partial charge < -0.3 is 14.0 Å². The van der Waals surface area contributed by atoms with Gasteiger partial charge in [-0.3, -0.25) is 0 Å². The van der Waals surface area contributed by atoms with Gasteiger partial charge in [0.1, 0.15) is 18.2 Å². The Morgan fingerprint density at radius 2 is 1.80 bits per heavy atom. The predicted molar refractivity (Wildman–Crippen MR) is 102 cm³/mol. The Balaban J connectivity index is 1.80. The minimum absolute atomic E-state index is 0.378. The van der Waals surface area contributed by atoms with Crippen molar-refractivity contribution in [1.82, 2.24) is 9.55 Å². The highest BCUT2D eigenvalue weighted by molar-refractivity contribution is 6.31. The van der Waals surface area contributed by atoms with Crippen LogP contribution < -0.4 is 4.74 Å². The van der Waals surface area contributed by atoms with E-state index in [0.29, 0.717) is 16.7 Å². The highest BCUT2D eigenvalue weighted by atomic mass is 35.5. The Morgan fingerprint density at radius 3 is 2.56 bits per heavy atom. The highest BCUT2D eigenvalue weighted by Gasteiger charge is 2.12. The average molecular weight is 379 g/mol. The van der Waals surface area contributed by atoms with E-state index in [9.17, 15) is 0 Å². The molecule has 0 unspecified atom stereocenters. The third-order valence-corrected chi connectivity index (χ3v) is 4.33. The smallest absolute Gasteiger partial charge is 0.148 e. The predicted octanol–water partition coefficient (Wildman–Crippen LogP) is 5.35. The molecule has 132 valence electrons. The Bertz CT molecular complexity index is 831. The zero-order valence-electron chi connectivity index (χ0n) is 14.0. The number of halogens is 2. The molecular formula is C19H20Cl2N2O2. The molecule has 0 radical (unpaired) electrons. The second-order valence-corrected chi connectivity index (χ2v) is 6.48. The molecule has 0 amide bonds. The van der Waals surface area contributed by atoms with E-state index >= 15 is 0 Å². The van der Waals surface area contributed by atoms with Gasteiger partial charge >= 0.3 is 0 Å². The van der Waals surface area contributed by atoms with Gasteiger partial charge in [-0.1, -0.05) is 23.2 Å². The molecule has 0 N–H and O–H groups in total. The molecule has 6 heteroatoms. The number of aryl methyl sites for hydroxylation is 1. The first-order valence-electron chi connectivity index (χ1n) is 8.28. The molecule has 0 aliphatic carbocycles. The quantitative estimate of drug-likeness (QED) is 0.495. The van der Waals surface area contributed by atoms with Crippen molar-refractivity contribution in [2.75, 3.05) is 13.2 Å². The van der Waals surface area contributed by atoms with Gasteiger partial charge in [0.05, 0.1) is 11.0 Å². The molecule has 0 atom stereocenters. The van der Waals surface area contributed by atoms with E-state index < -0.39 is 0 Å². The molecule has 0 spiro atoms. The van der Waals surface area contributed by atoms with Crippen molar-refractivity contribution in [1.29, 1.82) is 0 Å². The second-order valence-electron chi connectivity index (χ2n) is 5.61. The number of imidazole rings is 1. The maximum atomic E-state index is 6.10. The van der Waals surface area contributed by atoms with Crippen molar-refractivity contribution >= 4 is 34.2 Å². The number of benzene rings is 2. The van der Waals surface area contributed by atoms with Crippen LogP contribution in [0.25, 0.3) is 11.0 Å². The molecule has 4 nitrogen and oxygen atoms in total. The largest absolute Gasteiger partial charge is 0.486 e. The van der Waals surface area contributed by atoms with E-state index in [1.54, 1.807) is 0 Å². The number of aromatic nitrogens is 2. The van der Waals surface area contributed by atoms with Crippen LogP contribution in [-0.2, 0) is 17.9 Å². The summed E-state index contributed by atoms with van der Waals surface area (Å²) in [6.07, 6.45) is 0.913. The monoisotopic (exact) mass is 378 g/mol. The van der Waals surface area contributed by atoms with E-state index in [0.717, 1.165) is 48.8 Å². The van der Waals surface area contributed by atoms with E-state index in [1.807, 2.05) is 49.4 Å². The van der Waals surface area contributed by atoms with E-state index in [1.165, 1.54) is 0 Å². The topological polar surface area (TPSA) is 36.3 Å². The van der Waals surface area contributed by atoms with Gasteiger partial charge in [0.2, 0.25) is 0 Å². The molecule has 0 saturated heterocycles. The van der Waals surface area contributed by atoms with Crippen LogP contribution in [-0.4, -0.2) is 22.8 Å². The first kappa shape index (κ1) is 18.1. The fraction of sp³-hybridized carbons (Fsp3) is 0.316. The summed E-state index contributed by atoms with van der Waals surface area (Å²) in [4.78, 5) is 4.69. The molecule has 2 aromatic carbocycles. The van der Waals surface area contributed by atoms with Crippen LogP contribution in [0.4, 0.5) is 0 Å². The van der Waals surface area contributed by atoms with Gasteiger partial charge in [-0.05, 0) is 55.8 Å². The van der Waals surface area contributed by atoms with Crippen LogP contribution in [0, 0.1) is 0 Å². The third kappa shape index (κ3) is 4.66. The Kier molecular flexibility index (Phi) is 6.19. The summed E-state index contributed by atoms with van der Waals surface area (Å²) in [5.74, 6) is 1.62. The van der Waals surface area contributed by atoms with E-state index in [-0.39, 0.29) is 0 Å². The van der Waals surface area contributed by atoms with Crippen molar-refractivity contribution < 1.29 is 9.47 Å². The highest BCUT2D eigenvalue weighted by Crippen LogP contribution is 2.23. The van der Waals surface area contributed by atoms with Crippen LogP contribution in [0.15, 0.2) is 42.5 Å². The van der Waals surface area contributed by atoms with E-state index in [2.05, 4.69) is 4.57 Å². The molecule has 1 aromatic heterocycles. The first-order valence-corrected chi connectivity index (χ1v) is 9.03. The number of rotatable bonds is 8. The maximum absolute atomic E-state index is 6.10. The van der Waals surface area contributed by atoms with Crippen LogP contribution in [0.3, 0.4) is 0 Å². The van der Waals surface area contributed by atoms with Crippen molar-refractivity contribution in [3.63, 3.8) is 0 Å². The molecule has 25 heavy (non-hydrogen) atoms. The summed E-state index contributed by atoms with van der Waals surface area (Å²) in [7, 11) is 0. The molecule has 0 fully saturated rings. The number of hydrogen-bond acceptors (Lipinski definition) is 3. The summed E-state index contributed by atoms with van der Waals surface area (Å²) in [5.41, 5.74) is 1.93. The van der Waals surface area contributed by atoms with Crippen LogP contribution >= 0.6 is 23.2 Å². The summed E-state index contributed by atoms with van der Waals surface area (Å²) >= 11 is 12.0. The third-order valence-electron chi connectivity index (χ3n) is 3.85. The normalized spacial score (nSPS) is 11.2. The standard InChI is InChI=1S/C19H20Cl2N2O2/c1-2-24-11-3-10-23-18-9-6-15(21)12-17(18)22-19(23)13-25-16-7-4-14(20)5-8-16/h4-9,12H,2-3,10-11,13H2,1H3. The molecule has 0 aliphatic rings. The van der Waals surface area contributed by atoms with Crippen LogP contribution in [0.1, 0.15) is 19.2 Å². The summed E-state index contributed by atoms with van der Waals surface area (Å²) < 4.78 is 13.5. The van der Waals surface area contributed by atoms with E-state index in [4.69, 9.17) is 37.7 Å². The second kappa shape index (κ2) is 8.56. The molecule has 0 bridgehead atoms. The van der Waals surface area contributed by atoms with Crippen molar-refractivity contribution in [3.05, 3.63) is 58.3 Å². The Labute approximate surface area is 157 Å². The van der Waals surface area contributed by atoms with Gasteiger partial charge in [-0.15, -0.1) is 0 Å². The lowest BCUT2D eigenvalue weighted by Crippen LogP contribution is -2.09. The number of hydrogen-bond donors (Lipinski definition) is 0. The van der Waals surface area contributed by atoms with Crippen LogP contribution in [0.2, 0.25) is 10.0 Å². The zero-order valence-corrected chi connectivity index (χ0v) is 15.6. The lowest BCUT2D eigenvalue weighted by molar-refractivity contribution is 0.141. The SMILES string of the molecule is CCOCCCn1c(COc2ccc(Cl)cc2)nc2cc(Cl)ccc21. The van der Waals surface area contributed by atoms with Crippen LogP contribution in [0.5, 0.6) is 5.75 Å². The Hall–Kier alpha value is -1.75. The zero-order chi connectivity index (χ0) is 17.6. The summed E-state index contributed by atoms with van der Waals surface area (Å²) in [6, 6.07) is 13.1. The molecule has 0 saturated carbocycles. The van der Waals surface area contributed by atoms with Gasteiger partial charge in [0, 0.05) is 29.8 Å². The number of nitrogens with zero attached hydrogens (tertiary/aromatic N) is 2. The summed E-state index contributed by atoms with van der Waals surface area (Å²) in [5, 5.41) is 1.36. The van der Waals surface area contributed by atoms with Gasteiger partial charge in [-0.25, -0.2) is 4.98 Å². The lowest BCUT2D eigenvalue weighted by Gasteiger charge is -2.11. The van der Waals surface area contributed by atoms with Gasteiger partial charge in [-0.2, -0.15) is 0 Å². The van der Waals surface area contributed by atoms with Crippen molar-refractivity contribution in [3.8, 4) is 5.75 Å². The molecular weight excluding hydrogens is 359 g/mol. The summed E-state index contributed by atoms with van der Waals surface area (Å²) in [6.45, 7) is 4.65. The van der Waals surface area contributed by atoms with Crippen molar-refractivity contribution in [2.24, 2.45) is 0 Å². The fourth-order valence-corrected chi connectivity index (χ4v) is 2.95. The first-order chi connectivity index (χ1) is 12.2. The molecule has 3 aromatic rings. The average Bonchev–Trinajstić information content (AvgIpc) is 2.95. The maximum Gasteiger partial charge on any atom is 0.148 e. The minimum Gasteiger partial charge on any atom is -0.486 e. The fourth-order valence-electron chi connectivity index (χ4n) is 2.66. The minimum atomic E-state index is 0.378. The van der Waals surface area contributed by atoms with Gasteiger partial charge in [0.15, 0.2) is 0 Å². The lowest BCUT2D eigenvalue weighted by atomic mass is 10.3. The molecule has 3 rings (SSSR count). The van der Waals surface area contributed by atoms with Crippen molar-refractivity contribution in [2.45, 2.75) is 26.5 Å². The van der Waals surface area contributed by atoms with Gasteiger partial charge in [0.25, 0.3) is 0 Å². The number of fused-ring (bicyclic) bond motifs is 1. The molecule has 0 aliphatic heterocycles. The molecule has 1 heterocycles. The number of ether oxygens (including phenoxy) is 2.